The van der Waals surface area contributed by atoms with Gasteiger partial charge in [0.2, 0.25) is 10.0 Å². The molecule has 2 saturated heterocycles. The van der Waals surface area contributed by atoms with Gasteiger partial charge in [0.05, 0.1) is 29.6 Å². The highest BCUT2D eigenvalue weighted by molar-refractivity contribution is 7.92. The molecule has 1 aromatic carbocycles. The number of sulfone groups is 1. The van der Waals surface area contributed by atoms with Crippen LogP contribution in [0.2, 0.25) is 0 Å². The first kappa shape index (κ1) is 24.1. The standard InChI is InChI=1S/C23H36N2O5S2/c26-31(27)18-11-22(19-31)25(13-4-12-24-14-16-30-17-15-24)32(28,29)23-9-7-21(8-10-23)20-5-2-1-3-6-20/h7-10,20,22H,1-6,11-19H2/t22-/m1/s1. The van der Waals surface area contributed by atoms with Crippen LogP contribution in [0.15, 0.2) is 29.2 Å². The monoisotopic (exact) mass is 484 g/mol. The van der Waals surface area contributed by atoms with Crippen molar-refractivity contribution in [1.29, 1.82) is 0 Å². The molecule has 1 aliphatic carbocycles. The molecule has 3 aliphatic rings. The maximum absolute atomic E-state index is 13.6. The smallest absolute Gasteiger partial charge is 0.243 e. The van der Waals surface area contributed by atoms with Crippen LogP contribution in [0.25, 0.3) is 0 Å². The van der Waals surface area contributed by atoms with Gasteiger partial charge in [-0.3, -0.25) is 4.90 Å². The zero-order chi connectivity index (χ0) is 22.6. The molecule has 3 fully saturated rings. The van der Waals surface area contributed by atoms with E-state index in [0.29, 0.717) is 38.5 Å². The molecule has 2 aliphatic heterocycles. The lowest BCUT2D eigenvalue weighted by molar-refractivity contribution is 0.0367. The van der Waals surface area contributed by atoms with Crippen LogP contribution in [0, 0.1) is 0 Å². The normalized spacial score (nSPS) is 25.3. The van der Waals surface area contributed by atoms with Crippen LogP contribution in [0.3, 0.4) is 0 Å². The number of hydrogen-bond acceptors (Lipinski definition) is 6. The van der Waals surface area contributed by atoms with Gasteiger partial charge in [0.25, 0.3) is 0 Å². The van der Waals surface area contributed by atoms with Crippen LogP contribution in [-0.4, -0.2) is 83.0 Å². The molecule has 32 heavy (non-hydrogen) atoms. The molecule has 0 aromatic heterocycles. The predicted octanol–water partition coefficient (Wildman–Crippen LogP) is 2.63. The summed E-state index contributed by atoms with van der Waals surface area (Å²) in [5.41, 5.74) is 1.21. The first-order valence-electron chi connectivity index (χ1n) is 12.0. The summed E-state index contributed by atoms with van der Waals surface area (Å²) in [5, 5.41) is 0. The number of nitrogens with zero attached hydrogens (tertiary/aromatic N) is 2. The van der Waals surface area contributed by atoms with E-state index in [1.165, 1.54) is 42.0 Å². The Morgan fingerprint density at radius 1 is 1.00 bits per heavy atom. The molecule has 4 rings (SSSR count). The zero-order valence-corrected chi connectivity index (χ0v) is 20.5. The minimum atomic E-state index is -3.76. The van der Waals surface area contributed by atoms with E-state index in [9.17, 15) is 16.8 Å². The Morgan fingerprint density at radius 3 is 2.31 bits per heavy atom. The predicted molar refractivity (Wildman–Crippen MR) is 125 cm³/mol. The van der Waals surface area contributed by atoms with Gasteiger partial charge >= 0.3 is 0 Å². The van der Waals surface area contributed by atoms with Crippen LogP contribution >= 0.6 is 0 Å². The van der Waals surface area contributed by atoms with Crippen molar-refractivity contribution < 1.29 is 21.6 Å². The Morgan fingerprint density at radius 2 is 1.69 bits per heavy atom. The Kier molecular flexibility index (Phi) is 7.93. The minimum Gasteiger partial charge on any atom is -0.379 e. The molecular formula is C23H36N2O5S2. The largest absolute Gasteiger partial charge is 0.379 e. The van der Waals surface area contributed by atoms with Crippen molar-refractivity contribution in [2.24, 2.45) is 0 Å². The minimum absolute atomic E-state index is 0.0633. The van der Waals surface area contributed by atoms with Crippen LogP contribution in [-0.2, 0) is 24.6 Å². The first-order valence-corrected chi connectivity index (χ1v) is 15.2. The van der Waals surface area contributed by atoms with Crippen molar-refractivity contribution in [2.75, 3.05) is 50.9 Å². The highest BCUT2D eigenvalue weighted by Gasteiger charge is 2.38. The molecule has 7 nitrogen and oxygen atoms in total. The molecule has 0 radical (unpaired) electrons. The van der Waals surface area contributed by atoms with E-state index in [4.69, 9.17) is 4.74 Å². The number of morpholine rings is 1. The van der Waals surface area contributed by atoms with Crippen molar-refractivity contribution in [3.8, 4) is 0 Å². The summed E-state index contributed by atoms with van der Waals surface area (Å²) in [7, 11) is -6.94. The molecule has 0 N–H and O–H groups in total. The quantitative estimate of drug-likeness (QED) is 0.564. The first-order chi connectivity index (χ1) is 15.4. The van der Waals surface area contributed by atoms with E-state index < -0.39 is 25.9 Å². The van der Waals surface area contributed by atoms with Gasteiger partial charge < -0.3 is 4.74 Å². The Bertz CT molecular complexity index is 951. The van der Waals surface area contributed by atoms with Gasteiger partial charge in [-0.15, -0.1) is 0 Å². The summed E-state index contributed by atoms with van der Waals surface area (Å²) in [5.74, 6) is 0.502. The van der Waals surface area contributed by atoms with Crippen LogP contribution in [0.5, 0.6) is 0 Å². The summed E-state index contributed by atoms with van der Waals surface area (Å²) in [4.78, 5) is 2.55. The van der Waals surface area contributed by atoms with E-state index in [1.54, 1.807) is 12.1 Å². The summed E-state index contributed by atoms with van der Waals surface area (Å²) in [6.07, 6.45) is 7.14. The molecule has 9 heteroatoms. The van der Waals surface area contributed by atoms with E-state index in [1.807, 2.05) is 12.1 Å². The van der Waals surface area contributed by atoms with Gasteiger partial charge in [0.15, 0.2) is 9.84 Å². The maximum atomic E-state index is 13.6. The Labute approximate surface area is 193 Å². The van der Waals surface area contributed by atoms with Crippen molar-refractivity contribution in [3.05, 3.63) is 29.8 Å². The summed E-state index contributed by atoms with van der Waals surface area (Å²) < 4.78 is 58.3. The average molecular weight is 485 g/mol. The van der Waals surface area contributed by atoms with Crippen LogP contribution < -0.4 is 0 Å². The third kappa shape index (κ3) is 5.91. The fourth-order valence-corrected chi connectivity index (χ4v) is 8.78. The van der Waals surface area contributed by atoms with Gasteiger partial charge in [0.1, 0.15) is 0 Å². The molecule has 0 spiro atoms. The highest BCUT2D eigenvalue weighted by atomic mass is 32.2. The van der Waals surface area contributed by atoms with Gasteiger partial charge in [-0.1, -0.05) is 31.4 Å². The molecule has 0 unspecified atom stereocenters. The number of ether oxygens (including phenoxy) is 1. The second-order valence-electron chi connectivity index (χ2n) is 9.38. The van der Waals surface area contributed by atoms with Crippen molar-refractivity contribution in [3.63, 3.8) is 0 Å². The maximum Gasteiger partial charge on any atom is 0.243 e. The van der Waals surface area contributed by atoms with E-state index in [-0.39, 0.29) is 16.4 Å². The highest BCUT2D eigenvalue weighted by Crippen LogP contribution is 2.33. The van der Waals surface area contributed by atoms with Gasteiger partial charge in [-0.05, 0) is 55.8 Å². The molecule has 1 aromatic rings. The van der Waals surface area contributed by atoms with Gasteiger partial charge in [-0.25, -0.2) is 16.8 Å². The Balaban J connectivity index is 1.49. The fourth-order valence-electron chi connectivity index (χ4n) is 5.26. The van der Waals surface area contributed by atoms with Crippen LogP contribution in [0.4, 0.5) is 0 Å². The van der Waals surface area contributed by atoms with Crippen LogP contribution in [0.1, 0.15) is 56.4 Å². The third-order valence-electron chi connectivity index (χ3n) is 7.14. The molecule has 0 bridgehead atoms. The SMILES string of the molecule is O=S1(=O)CC[C@@H](N(CCCN2CCOCC2)S(=O)(=O)c2ccc(C3CCCCC3)cc2)C1. The number of hydrogen-bond donors (Lipinski definition) is 0. The van der Waals surface area contributed by atoms with Crippen molar-refractivity contribution >= 4 is 19.9 Å². The number of sulfonamides is 1. The van der Waals surface area contributed by atoms with E-state index in [2.05, 4.69) is 4.90 Å². The van der Waals surface area contributed by atoms with E-state index >= 15 is 0 Å². The average Bonchev–Trinajstić information content (AvgIpc) is 3.17. The lowest BCUT2D eigenvalue weighted by Crippen LogP contribution is -2.43. The summed E-state index contributed by atoms with van der Waals surface area (Å²) in [6, 6.07) is 6.88. The molecular weight excluding hydrogens is 448 g/mol. The van der Waals surface area contributed by atoms with E-state index in [0.717, 1.165) is 19.6 Å². The third-order valence-corrected chi connectivity index (χ3v) is 10.9. The lowest BCUT2D eigenvalue weighted by atomic mass is 9.84. The van der Waals surface area contributed by atoms with Crippen molar-refractivity contribution in [1.82, 2.24) is 9.21 Å². The lowest BCUT2D eigenvalue weighted by Gasteiger charge is -2.30. The summed E-state index contributed by atoms with van der Waals surface area (Å²) >= 11 is 0. The molecule has 1 atom stereocenters. The molecule has 0 amide bonds. The second kappa shape index (κ2) is 10.5. The zero-order valence-electron chi connectivity index (χ0n) is 18.8. The molecule has 180 valence electrons. The Hall–Kier alpha value is -1.00. The van der Waals surface area contributed by atoms with Gasteiger partial charge in [0, 0.05) is 25.7 Å². The number of benzene rings is 1. The topological polar surface area (TPSA) is 84.0 Å². The second-order valence-corrected chi connectivity index (χ2v) is 13.5. The fraction of sp³-hybridized carbons (Fsp3) is 0.739. The van der Waals surface area contributed by atoms with Crippen molar-refractivity contribution in [2.45, 2.75) is 61.8 Å². The molecule has 2 heterocycles. The summed E-state index contributed by atoms with van der Waals surface area (Å²) in [6.45, 7) is 4.24. The molecule has 1 saturated carbocycles. The number of rotatable bonds is 8. The van der Waals surface area contributed by atoms with Gasteiger partial charge in [-0.2, -0.15) is 4.31 Å².